The zero-order valence-corrected chi connectivity index (χ0v) is 15.0. The number of rotatable bonds is 8. The van der Waals surface area contributed by atoms with Gasteiger partial charge in [0.05, 0.1) is 0 Å². The normalized spacial score (nSPS) is 22.6. The fraction of sp³-hybridized carbons (Fsp3) is 1.00. The first-order valence-electron chi connectivity index (χ1n) is 10.3. The molecule has 2 rings (SSSR count). The standard InChI is InChI=1S/C21H40/c1-3-4-5-6-13-18-21(2,19-14-9-7-10-15-19)20-16-11-8-12-17-20/h19-20H,3-18H2,1-2H3. The molecule has 0 spiro atoms. The van der Waals surface area contributed by atoms with Crippen LogP contribution in [-0.2, 0) is 0 Å². The first-order chi connectivity index (χ1) is 10.3. The van der Waals surface area contributed by atoms with Crippen LogP contribution >= 0.6 is 0 Å². The van der Waals surface area contributed by atoms with Crippen molar-refractivity contribution in [2.75, 3.05) is 0 Å². The molecule has 0 aromatic carbocycles. The highest BCUT2D eigenvalue weighted by Gasteiger charge is 2.40. The third kappa shape index (κ3) is 5.00. The van der Waals surface area contributed by atoms with Gasteiger partial charge in [-0.3, -0.25) is 0 Å². The highest BCUT2D eigenvalue weighted by molar-refractivity contribution is 4.91. The summed E-state index contributed by atoms with van der Waals surface area (Å²) in [6, 6.07) is 0. The van der Waals surface area contributed by atoms with Crippen LogP contribution in [0.3, 0.4) is 0 Å². The number of unbranched alkanes of at least 4 members (excludes halogenated alkanes) is 4. The molecule has 0 radical (unpaired) electrons. The Morgan fingerprint density at radius 1 is 0.667 bits per heavy atom. The second kappa shape index (κ2) is 9.21. The molecule has 2 fully saturated rings. The zero-order valence-electron chi connectivity index (χ0n) is 15.0. The van der Waals surface area contributed by atoms with Crippen LogP contribution in [0.25, 0.3) is 0 Å². The molecule has 0 saturated heterocycles. The van der Waals surface area contributed by atoms with E-state index >= 15 is 0 Å². The Kier molecular flexibility index (Phi) is 7.61. The molecule has 0 atom stereocenters. The van der Waals surface area contributed by atoms with Crippen molar-refractivity contribution in [1.82, 2.24) is 0 Å². The van der Waals surface area contributed by atoms with Gasteiger partial charge in [-0.1, -0.05) is 84.5 Å². The monoisotopic (exact) mass is 292 g/mol. The minimum atomic E-state index is 0.688. The topological polar surface area (TPSA) is 0 Å². The molecule has 0 aliphatic heterocycles. The fourth-order valence-electron chi connectivity index (χ4n) is 5.38. The van der Waals surface area contributed by atoms with Crippen molar-refractivity contribution in [2.45, 2.75) is 117 Å². The van der Waals surface area contributed by atoms with Gasteiger partial charge in [0.1, 0.15) is 0 Å². The van der Waals surface area contributed by atoms with Gasteiger partial charge in [0.2, 0.25) is 0 Å². The van der Waals surface area contributed by atoms with E-state index in [-0.39, 0.29) is 0 Å². The molecule has 0 bridgehead atoms. The summed E-state index contributed by atoms with van der Waals surface area (Å²) in [5.74, 6) is 2.11. The summed E-state index contributed by atoms with van der Waals surface area (Å²) in [6.07, 6.45) is 24.1. The van der Waals surface area contributed by atoms with Gasteiger partial charge >= 0.3 is 0 Å². The van der Waals surface area contributed by atoms with Gasteiger partial charge in [0.15, 0.2) is 0 Å². The molecule has 0 aromatic rings. The smallest absolute Gasteiger partial charge is 0.0269 e. The maximum absolute atomic E-state index is 2.71. The molecule has 124 valence electrons. The van der Waals surface area contributed by atoms with Gasteiger partial charge < -0.3 is 0 Å². The molecule has 2 saturated carbocycles. The van der Waals surface area contributed by atoms with Crippen molar-refractivity contribution in [3.63, 3.8) is 0 Å². The Morgan fingerprint density at radius 2 is 1.14 bits per heavy atom. The summed E-state index contributed by atoms with van der Waals surface area (Å²) in [4.78, 5) is 0. The van der Waals surface area contributed by atoms with Crippen molar-refractivity contribution in [3.05, 3.63) is 0 Å². The Balaban J connectivity index is 1.91. The van der Waals surface area contributed by atoms with E-state index in [0.29, 0.717) is 5.41 Å². The molecule has 0 unspecified atom stereocenters. The fourth-order valence-corrected chi connectivity index (χ4v) is 5.38. The largest absolute Gasteiger partial charge is 0.0654 e. The third-order valence-electron chi connectivity index (χ3n) is 6.89. The predicted octanol–water partition coefficient (Wildman–Crippen LogP) is 7.51. The average molecular weight is 293 g/mol. The Hall–Kier alpha value is 0. The second-order valence-corrected chi connectivity index (χ2v) is 8.34. The zero-order chi connectivity index (χ0) is 15.0. The van der Waals surface area contributed by atoms with E-state index in [1.165, 1.54) is 77.0 Å². The van der Waals surface area contributed by atoms with Crippen LogP contribution in [0.1, 0.15) is 117 Å². The van der Waals surface area contributed by atoms with Crippen LogP contribution in [0, 0.1) is 17.3 Å². The van der Waals surface area contributed by atoms with Crippen molar-refractivity contribution in [1.29, 1.82) is 0 Å². The minimum absolute atomic E-state index is 0.688. The molecule has 0 heterocycles. The van der Waals surface area contributed by atoms with Gasteiger partial charge in [-0.2, -0.15) is 0 Å². The van der Waals surface area contributed by atoms with Crippen molar-refractivity contribution < 1.29 is 0 Å². The molecule has 0 heteroatoms. The molecular weight excluding hydrogens is 252 g/mol. The van der Waals surface area contributed by atoms with E-state index in [4.69, 9.17) is 0 Å². The molecule has 2 aliphatic rings. The first-order valence-corrected chi connectivity index (χ1v) is 10.3. The van der Waals surface area contributed by atoms with Gasteiger partial charge in [-0.25, -0.2) is 0 Å². The van der Waals surface area contributed by atoms with E-state index in [2.05, 4.69) is 13.8 Å². The summed E-state index contributed by atoms with van der Waals surface area (Å²) >= 11 is 0. The summed E-state index contributed by atoms with van der Waals surface area (Å²) in [5.41, 5.74) is 0.688. The molecular formula is C21H40. The Labute approximate surface area is 134 Å². The lowest BCUT2D eigenvalue weighted by molar-refractivity contribution is 0.0289. The van der Waals surface area contributed by atoms with E-state index in [1.807, 2.05) is 0 Å². The lowest BCUT2D eigenvalue weighted by Gasteiger charge is -2.47. The van der Waals surface area contributed by atoms with Gasteiger partial charge in [0.25, 0.3) is 0 Å². The van der Waals surface area contributed by atoms with Crippen LogP contribution in [0.15, 0.2) is 0 Å². The summed E-state index contributed by atoms with van der Waals surface area (Å²) in [7, 11) is 0. The predicted molar refractivity (Wildman–Crippen MR) is 94.6 cm³/mol. The minimum Gasteiger partial charge on any atom is -0.0654 e. The summed E-state index contributed by atoms with van der Waals surface area (Å²) in [6.45, 7) is 5.03. The van der Waals surface area contributed by atoms with Crippen LogP contribution in [0.2, 0.25) is 0 Å². The van der Waals surface area contributed by atoms with E-state index in [9.17, 15) is 0 Å². The van der Waals surface area contributed by atoms with Crippen molar-refractivity contribution in [2.24, 2.45) is 17.3 Å². The molecule has 0 aromatic heterocycles. The number of hydrogen-bond acceptors (Lipinski definition) is 0. The van der Waals surface area contributed by atoms with Gasteiger partial charge in [-0.05, 0) is 49.4 Å². The van der Waals surface area contributed by atoms with Crippen molar-refractivity contribution in [3.8, 4) is 0 Å². The quantitative estimate of drug-likeness (QED) is 0.406. The molecule has 2 aliphatic carbocycles. The van der Waals surface area contributed by atoms with E-state index < -0.39 is 0 Å². The van der Waals surface area contributed by atoms with Crippen LogP contribution in [-0.4, -0.2) is 0 Å². The lowest BCUT2D eigenvalue weighted by Crippen LogP contribution is -2.37. The Bertz CT molecular complexity index is 237. The Morgan fingerprint density at radius 3 is 1.62 bits per heavy atom. The van der Waals surface area contributed by atoms with Gasteiger partial charge in [0, 0.05) is 0 Å². The molecule has 0 nitrogen and oxygen atoms in total. The highest BCUT2D eigenvalue weighted by atomic mass is 14.5. The van der Waals surface area contributed by atoms with E-state index in [1.54, 1.807) is 25.7 Å². The maximum atomic E-state index is 2.71. The van der Waals surface area contributed by atoms with Gasteiger partial charge in [-0.15, -0.1) is 0 Å². The van der Waals surface area contributed by atoms with Crippen LogP contribution < -0.4 is 0 Å². The first kappa shape index (κ1) is 17.4. The lowest BCUT2D eigenvalue weighted by atomic mass is 9.58. The van der Waals surface area contributed by atoms with E-state index in [0.717, 1.165) is 11.8 Å². The number of hydrogen-bond donors (Lipinski definition) is 0. The summed E-state index contributed by atoms with van der Waals surface area (Å²) in [5, 5.41) is 0. The summed E-state index contributed by atoms with van der Waals surface area (Å²) < 4.78 is 0. The molecule has 0 amide bonds. The average Bonchev–Trinajstić information content (AvgIpc) is 2.56. The van der Waals surface area contributed by atoms with Crippen LogP contribution in [0.4, 0.5) is 0 Å². The molecule has 0 N–H and O–H groups in total. The van der Waals surface area contributed by atoms with Crippen molar-refractivity contribution >= 4 is 0 Å². The molecule has 21 heavy (non-hydrogen) atoms. The SMILES string of the molecule is CCCCCCCC(C)(C1CCCCC1)C1CCCCC1. The third-order valence-corrected chi connectivity index (χ3v) is 6.89. The second-order valence-electron chi connectivity index (χ2n) is 8.34. The highest BCUT2D eigenvalue weighted by Crippen LogP contribution is 2.51. The maximum Gasteiger partial charge on any atom is -0.0269 e. The van der Waals surface area contributed by atoms with Crippen LogP contribution in [0.5, 0.6) is 0 Å².